The predicted octanol–water partition coefficient (Wildman–Crippen LogP) is 3.72. The maximum absolute atomic E-state index is 10.1. The Labute approximate surface area is 129 Å². The van der Waals surface area contributed by atoms with Crippen molar-refractivity contribution in [3.63, 3.8) is 0 Å². The maximum Gasteiger partial charge on any atom is 0.221 e. The highest BCUT2D eigenvalue weighted by Crippen LogP contribution is 2.31. The number of phenolic OH excluding ortho intramolecular Hbond substituents is 1. The molecule has 3 N–H and O–H groups in total. The van der Waals surface area contributed by atoms with Gasteiger partial charge >= 0.3 is 0 Å². The molecule has 3 rings (SSSR count). The molecule has 1 heterocycles. The molecule has 22 heavy (non-hydrogen) atoms. The van der Waals surface area contributed by atoms with E-state index in [1.165, 1.54) is 5.56 Å². The van der Waals surface area contributed by atoms with Crippen molar-refractivity contribution < 1.29 is 5.11 Å². The second-order valence-corrected chi connectivity index (χ2v) is 5.38. The fraction of sp³-hybridized carbons (Fsp3) is 0.111. The van der Waals surface area contributed by atoms with Gasteiger partial charge in [-0.3, -0.25) is 0 Å². The normalized spacial score (nSPS) is 10.6. The van der Waals surface area contributed by atoms with Crippen LogP contribution in [0.1, 0.15) is 11.1 Å². The van der Waals surface area contributed by atoms with E-state index in [4.69, 9.17) is 5.73 Å². The zero-order chi connectivity index (χ0) is 15.7. The number of phenols is 1. The van der Waals surface area contributed by atoms with E-state index >= 15 is 0 Å². The quantitative estimate of drug-likeness (QED) is 0.755. The summed E-state index contributed by atoms with van der Waals surface area (Å²) in [5.41, 5.74) is 11.0. The third kappa shape index (κ3) is 2.76. The molecular formula is C18H17N3O. The first-order chi connectivity index (χ1) is 10.5. The van der Waals surface area contributed by atoms with Crippen LogP contribution in [0, 0.1) is 13.8 Å². The Balaban J connectivity index is 2.14. The highest BCUT2D eigenvalue weighted by atomic mass is 16.3. The van der Waals surface area contributed by atoms with Gasteiger partial charge in [0, 0.05) is 11.1 Å². The Bertz CT molecular complexity index is 826. The number of hydrogen-bond donors (Lipinski definition) is 2. The van der Waals surface area contributed by atoms with Crippen LogP contribution >= 0.6 is 0 Å². The molecule has 110 valence electrons. The van der Waals surface area contributed by atoms with Crippen molar-refractivity contribution in [1.29, 1.82) is 0 Å². The molecule has 0 amide bonds. The summed E-state index contributed by atoms with van der Waals surface area (Å²) in [5.74, 6) is 0.368. The van der Waals surface area contributed by atoms with E-state index in [1.54, 1.807) is 6.07 Å². The van der Waals surface area contributed by atoms with Gasteiger partial charge in [0.05, 0.1) is 11.4 Å². The van der Waals surface area contributed by atoms with E-state index in [-0.39, 0.29) is 11.7 Å². The van der Waals surface area contributed by atoms with E-state index < -0.39 is 0 Å². The van der Waals surface area contributed by atoms with Gasteiger partial charge < -0.3 is 10.8 Å². The molecule has 0 unspecified atom stereocenters. The van der Waals surface area contributed by atoms with E-state index in [2.05, 4.69) is 9.97 Å². The Morgan fingerprint density at radius 3 is 2.18 bits per heavy atom. The number of hydrogen-bond acceptors (Lipinski definition) is 4. The average Bonchev–Trinajstić information content (AvgIpc) is 2.50. The Morgan fingerprint density at radius 2 is 1.45 bits per heavy atom. The topological polar surface area (TPSA) is 72.0 Å². The van der Waals surface area contributed by atoms with E-state index in [0.29, 0.717) is 11.3 Å². The zero-order valence-electron chi connectivity index (χ0n) is 12.5. The van der Waals surface area contributed by atoms with Crippen LogP contribution in [0.2, 0.25) is 0 Å². The van der Waals surface area contributed by atoms with Crippen molar-refractivity contribution in [3.05, 3.63) is 59.7 Å². The summed E-state index contributed by atoms with van der Waals surface area (Å²) < 4.78 is 0. The molecule has 0 aliphatic heterocycles. The van der Waals surface area contributed by atoms with Crippen LogP contribution in [0.5, 0.6) is 5.75 Å². The number of aryl methyl sites for hydroxylation is 2. The lowest BCUT2D eigenvalue weighted by atomic mass is 10.0. The Hall–Kier alpha value is -2.88. The summed E-state index contributed by atoms with van der Waals surface area (Å²) in [5, 5.41) is 10.1. The molecule has 2 aromatic carbocycles. The predicted molar refractivity (Wildman–Crippen MR) is 88.5 cm³/mol. The van der Waals surface area contributed by atoms with E-state index in [1.807, 2.05) is 56.3 Å². The number of rotatable bonds is 2. The largest absolute Gasteiger partial charge is 0.507 e. The van der Waals surface area contributed by atoms with Crippen molar-refractivity contribution in [3.8, 4) is 28.3 Å². The Morgan fingerprint density at radius 1 is 0.818 bits per heavy atom. The van der Waals surface area contributed by atoms with Crippen LogP contribution in [0.4, 0.5) is 5.95 Å². The van der Waals surface area contributed by atoms with Gasteiger partial charge in [-0.25, -0.2) is 9.97 Å². The lowest BCUT2D eigenvalue weighted by molar-refractivity contribution is 0.477. The molecule has 0 atom stereocenters. The third-order valence-electron chi connectivity index (χ3n) is 3.52. The first-order valence-electron chi connectivity index (χ1n) is 7.04. The van der Waals surface area contributed by atoms with Crippen molar-refractivity contribution in [1.82, 2.24) is 9.97 Å². The van der Waals surface area contributed by atoms with Gasteiger partial charge in [0.25, 0.3) is 0 Å². The standard InChI is InChI=1S/C18H17N3O/c1-11-3-6-13(7-4-11)15-10-16(21-18(19)20-15)14-9-12(2)5-8-17(14)22/h3-10,22H,1-2H3,(H2,19,20,21). The average molecular weight is 291 g/mol. The molecular weight excluding hydrogens is 274 g/mol. The smallest absolute Gasteiger partial charge is 0.221 e. The molecule has 0 radical (unpaired) electrons. The van der Waals surface area contributed by atoms with Crippen molar-refractivity contribution >= 4 is 5.95 Å². The minimum absolute atomic E-state index is 0.179. The summed E-state index contributed by atoms with van der Waals surface area (Å²) in [6.07, 6.45) is 0. The summed E-state index contributed by atoms with van der Waals surface area (Å²) in [4.78, 5) is 8.55. The summed E-state index contributed by atoms with van der Waals surface area (Å²) in [6, 6.07) is 15.3. The molecule has 0 saturated heterocycles. The second kappa shape index (κ2) is 5.48. The second-order valence-electron chi connectivity index (χ2n) is 5.38. The van der Waals surface area contributed by atoms with Crippen LogP contribution in [-0.4, -0.2) is 15.1 Å². The van der Waals surface area contributed by atoms with Gasteiger partial charge in [-0.15, -0.1) is 0 Å². The first-order valence-corrected chi connectivity index (χ1v) is 7.04. The zero-order valence-corrected chi connectivity index (χ0v) is 12.5. The van der Waals surface area contributed by atoms with Crippen LogP contribution in [-0.2, 0) is 0 Å². The molecule has 0 bridgehead atoms. The third-order valence-corrected chi connectivity index (χ3v) is 3.52. The lowest BCUT2D eigenvalue weighted by Gasteiger charge is -2.09. The van der Waals surface area contributed by atoms with E-state index in [0.717, 1.165) is 16.8 Å². The highest BCUT2D eigenvalue weighted by molar-refractivity contribution is 5.73. The lowest BCUT2D eigenvalue weighted by Crippen LogP contribution is -1.99. The first kappa shape index (κ1) is 14.1. The number of aromatic nitrogens is 2. The van der Waals surface area contributed by atoms with Crippen molar-refractivity contribution in [2.45, 2.75) is 13.8 Å². The van der Waals surface area contributed by atoms with Gasteiger partial charge in [-0.2, -0.15) is 0 Å². The monoisotopic (exact) mass is 291 g/mol. The van der Waals surface area contributed by atoms with Crippen LogP contribution < -0.4 is 5.73 Å². The number of nitrogens with two attached hydrogens (primary N) is 1. The van der Waals surface area contributed by atoms with Gasteiger partial charge in [-0.1, -0.05) is 41.5 Å². The number of aromatic hydroxyl groups is 1. The summed E-state index contributed by atoms with van der Waals surface area (Å²) in [6.45, 7) is 4.00. The molecule has 4 heteroatoms. The van der Waals surface area contributed by atoms with Crippen LogP contribution in [0.3, 0.4) is 0 Å². The summed E-state index contributed by atoms with van der Waals surface area (Å²) >= 11 is 0. The number of nitrogens with zero attached hydrogens (tertiary/aromatic N) is 2. The summed E-state index contributed by atoms with van der Waals surface area (Å²) in [7, 11) is 0. The maximum atomic E-state index is 10.1. The Kier molecular flexibility index (Phi) is 3.51. The number of anilines is 1. The molecule has 0 saturated carbocycles. The molecule has 0 aliphatic carbocycles. The molecule has 0 fully saturated rings. The van der Waals surface area contributed by atoms with Gasteiger partial charge in [0.1, 0.15) is 5.75 Å². The van der Waals surface area contributed by atoms with Crippen LogP contribution in [0.25, 0.3) is 22.5 Å². The SMILES string of the molecule is Cc1ccc(-c2cc(-c3cc(C)ccc3O)nc(N)n2)cc1. The van der Waals surface area contributed by atoms with Crippen molar-refractivity contribution in [2.24, 2.45) is 0 Å². The molecule has 0 spiro atoms. The van der Waals surface area contributed by atoms with Crippen molar-refractivity contribution in [2.75, 3.05) is 5.73 Å². The molecule has 1 aromatic heterocycles. The van der Waals surface area contributed by atoms with Gasteiger partial charge in [0.15, 0.2) is 0 Å². The van der Waals surface area contributed by atoms with Gasteiger partial charge in [-0.05, 0) is 32.0 Å². The molecule has 3 aromatic rings. The van der Waals surface area contributed by atoms with Gasteiger partial charge in [0.2, 0.25) is 5.95 Å². The van der Waals surface area contributed by atoms with Crippen LogP contribution in [0.15, 0.2) is 48.5 Å². The number of nitrogen functional groups attached to an aromatic ring is 1. The minimum atomic E-state index is 0.179. The van der Waals surface area contributed by atoms with E-state index in [9.17, 15) is 5.11 Å². The molecule has 4 nitrogen and oxygen atoms in total. The highest BCUT2D eigenvalue weighted by Gasteiger charge is 2.10. The minimum Gasteiger partial charge on any atom is -0.507 e. The molecule has 0 aliphatic rings. The number of benzene rings is 2. The fourth-order valence-electron chi connectivity index (χ4n) is 2.33. The fourth-order valence-corrected chi connectivity index (χ4v) is 2.33.